The van der Waals surface area contributed by atoms with Crippen LogP contribution in [0.3, 0.4) is 0 Å². The summed E-state index contributed by atoms with van der Waals surface area (Å²) in [6.07, 6.45) is 1.49. The van der Waals surface area contributed by atoms with Gasteiger partial charge in [-0.2, -0.15) is 0 Å². The molecule has 3 nitrogen and oxygen atoms in total. The van der Waals surface area contributed by atoms with Crippen LogP contribution in [0.4, 0.5) is 0 Å². The summed E-state index contributed by atoms with van der Waals surface area (Å²) in [5.74, 6) is 0.201. The number of hydrogen-bond acceptors (Lipinski definition) is 3. The molecule has 0 bridgehead atoms. The van der Waals surface area contributed by atoms with E-state index in [1.165, 1.54) is 10.5 Å². The first-order valence-corrected chi connectivity index (χ1v) is 7.28. The van der Waals surface area contributed by atoms with Gasteiger partial charge in [-0.05, 0) is 31.4 Å². The number of amides is 1. The maximum absolute atomic E-state index is 12.4. The monoisotopic (exact) mass is 265 g/mol. The Morgan fingerprint density at radius 3 is 2.94 bits per heavy atom. The van der Waals surface area contributed by atoms with Crippen molar-refractivity contribution >= 4 is 17.7 Å². The summed E-state index contributed by atoms with van der Waals surface area (Å²) in [5, 5.41) is 8.87. The largest absolute Gasteiger partial charge is 0.396 e. The second-order valence-electron chi connectivity index (χ2n) is 4.41. The minimum atomic E-state index is 0.0149. The van der Waals surface area contributed by atoms with Gasteiger partial charge in [0.2, 0.25) is 5.91 Å². The Morgan fingerprint density at radius 1 is 1.50 bits per heavy atom. The highest BCUT2D eigenvalue weighted by Gasteiger charge is 2.30. The molecule has 1 unspecified atom stereocenters. The summed E-state index contributed by atoms with van der Waals surface area (Å²) < 4.78 is 0. The maximum atomic E-state index is 12.4. The van der Waals surface area contributed by atoms with Gasteiger partial charge in [0.25, 0.3) is 0 Å². The smallest absolute Gasteiger partial charge is 0.236 e. The molecule has 1 aromatic rings. The van der Waals surface area contributed by atoms with Gasteiger partial charge in [0.1, 0.15) is 0 Å². The summed E-state index contributed by atoms with van der Waals surface area (Å²) in [5.41, 5.74) is 1.28. The third kappa shape index (κ3) is 2.87. The topological polar surface area (TPSA) is 40.5 Å². The Bertz CT molecular complexity index is 397. The molecule has 0 saturated heterocycles. The van der Waals surface area contributed by atoms with Crippen molar-refractivity contribution in [1.82, 2.24) is 4.90 Å². The lowest BCUT2D eigenvalue weighted by Gasteiger charge is -2.23. The molecule has 0 aromatic heterocycles. The van der Waals surface area contributed by atoms with Gasteiger partial charge in [-0.3, -0.25) is 4.79 Å². The molecule has 98 valence electrons. The van der Waals surface area contributed by atoms with Gasteiger partial charge in [-0.15, -0.1) is 11.8 Å². The summed E-state index contributed by atoms with van der Waals surface area (Å²) >= 11 is 1.67. The average Bonchev–Trinajstić information content (AvgIpc) is 2.83. The highest BCUT2D eigenvalue weighted by Crippen LogP contribution is 2.37. The average molecular weight is 265 g/mol. The third-order valence-electron chi connectivity index (χ3n) is 3.20. The molecule has 0 aliphatic carbocycles. The van der Waals surface area contributed by atoms with Crippen LogP contribution in [0, 0.1) is 0 Å². The predicted octanol–water partition coefficient (Wildman–Crippen LogP) is 1.93. The zero-order valence-electron chi connectivity index (χ0n) is 10.6. The molecular weight excluding hydrogens is 246 g/mol. The highest BCUT2D eigenvalue weighted by atomic mass is 32.2. The van der Waals surface area contributed by atoms with E-state index < -0.39 is 0 Å². The molecule has 1 N–H and O–H groups in total. The van der Waals surface area contributed by atoms with Crippen molar-refractivity contribution in [2.24, 2.45) is 0 Å². The number of aliphatic hydroxyl groups is 1. The zero-order valence-corrected chi connectivity index (χ0v) is 11.4. The lowest BCUT2D eigenvalue weighted by Crippen LogP contribution is -2.38. The first-order chi connectivity index (χ1) is 8.76. The Hall–Kier alpha value is -1.00. The lowest BCUT2D eigenvalue weighted by molar-refractivity contribution is -0.130. The normalized spacial score (nSPS) is 17.6. The molecule has 2 rings (SSSR count). The second-order valence-corrected chi connectivity index (χ2v) is 5.66. The zero-order chi connectivity index (χ0) is 13.0. The van der Waals surface area contributed by atoms with E-state index in [1.807, 2.05) is 24.0 Å². The molecule has 0 saturated carbocycles. The van der Waals surface area contributed by atoms with Gasteiger partial charge in [-0.25, -0.2) is 0 Å². The number of hydrogen-bond donors (Lipinski definition) is 1. The molecule has 0 radical (unpaired) electrons. The number of carbonyl (C=O) groups excluding carboxylic acids is 1. The standard InChI is InChI=1S/C14H19NO2S/c1-2-15(8-5-9-16)14(17)13-10-11-6-3-4-7-12(11)18-13/h3-4,6-7,13,16H,2,5,8-10H2,1H3. The van der Waals surface area contributed by atoms with E-state index in [1.54, 1.807) is 11.8 Å². The van der Waals surface area contributed by atoms with E-state index in [0.29, 0.717) is 19.5 Å². The highest BCUT2D eigenvalue weighted by molar-refractivity contribution is 8.01. The molecule has 1 heterocycles. The van der Waals surface area contributed by atoms with E-state index in [0.717, 1.165) is 6.42 Å². The lowest BCUT2D eigenvalue weighted by atomic mass is 10.1. The number of thioether (sulfide) groups is 1. The van der Waals surface area contributed by atoms with Crippen LogP contribution in [0.2, 0.25) is 0 Å². The molecule has 1 aliphatic rings. The number of aliphatic hydroxyl groups excluding tert-OH is 1. The number of benzene rings is 1. The van der Waals surface area contributed by atoms with Gasteiger partial charge in [0.15, 0.2) is 0 Å². The first-order valence-electron chi connectivity index (χ1n) is 6.40. The van der Waals surface area contributed by atoms with E-state index in [-0.39, 0.29) is 17.8 Å². The van der Waals surface area contributed by atoms with Gasteiger partial charge < -0.3 is 10.0 Å². The quantitative estimate of drug-likeness (QED) is 0.884. The summed E-state index contributed by atoms with van der Waals surface area (Å²) in [7, 11) is 0. The van der Waals surface area contributed by atoms with Crippen molar-refractivity contribution in [1.29, 1.82) is 0 Å². The Balaban J connectivity index is 1.99. The first kappa shape index (κ1) is 13.4. The van der Waals surface area contributed by atoms with E-state index in [2.05, 4.69) is 12.1 Å². The van der Waals surface area contributed by atoms with Crippen molar-refractivity contribution in [3.05, 3.63) is 29.8 Å². The third-order valence-corrected chi connectivity index (χ3v) is 4.51. The van der Waals surface area contributed by atoms with Crippen molar-refractivity contribution in [2.45, 2.75) is 29.9 Å². The van der Waals surface area contributed by atoms with Crippen LogP contribution >= 0.6 is 11.8 Å². The fourth-order valence-corrected chi connectivity index (χ4v) is 3.49. The summed E-state index contributed by atoms with van der Waals surface area (Å²) in [6.45, 7) is 3.50. The van der Waals surface area contributed by atoms with Crippen LogP contribution in [-0.4, -0.2) is 40.9 Å². The molecule has 0 spiro atoms. The Morgan fingerprint density at radius 2 is 2.28 bits per heavy atom. The number of carbonyl (C=O) groups is 1. The second kappa shape index (κ2) is 6.25. The molecular formula is C14H19NO2S. The van der Waals surface area contributed by atoms with Gasteiger partial charge >= 0.3 is 0 Å². The summed E-state index contributed by atoms with van der Waals surface area (Å²) in [6, 6.07) is 8.22. The minimum Gasteiger partial charge on any atom is -0.396 e. The fourth-order valence-electron chi connectivity index (χ4n) is 2.21. The Labute approximate surface area is 112 Å². The van der Waals surface area contributed by atoms with E-state index in [4.69, 9.17) is 5.11 Å². The van der Waals surface area contributed by atoms with Crippen LogP contribution in [-0.2, 0) is 11.2 Å². The Kier molecular flexibility index (Phi) is 4.66. The predicted molar refractivity (Wildman–Crippen MR) is 73.7 cm³/mol. The molecule has 0 fully saturated rings. The van der Waals surface area contributed by atoms with Crippen molar-refractivity contribution in [2.75, 3.05) is 19.7 Å². The fraction of sp³-hybridized carbons (Fsp3) is 0.500. The van der Waals surface area contributed by atoms with Crippen molar-refractivity contribution < 1.29 is 9.90 Å². The van der Waals surface area contributed by atoms with Gasteiger partial charge in [-0.1, -0.05) is 18.2 Å². The van der Waals surface area contributed by atoms with Gasteiger partial charge in [0.05, 0.1) is 5.25 Å². The summed E-state index contributed by atoms with van der Waals surface area (Å²) in [4.78, 5) is 15.5. The van der Waals surface area contributed by atoms with Crippen LogP contribution in [0.15, 0.2) is 29.2 Å². The molecule has 1 atom stereocenters. The molecule has 1 aromatic carbocycles. The number of nitrogens with zero attached hydrogens (tertiary/aromatic N) is 1. The molecule has 4 heteroatoms. The van der Waals surface area contributed by atoms with E-state index in [9.17, 15) is 4.79 Å². The molecule has 1 aliphatic heterocycles. The maximum Gasteiger partial charge on any atom is 0.236 e. The molecule has 18 heavy (non-hydrogen) atoms. The van der Waals surface area contributed by atoms with Crippen LogP contribution in [0.1, 0.15) is 18.9 Å². The van der Waals surface area contributed by atoms with E-state index >= 15 is 0 Å². The van der Waals surface area contributed by atoms with Crippen LogP contribution in [0.5, 0.6) is 0 Å². The van der Waals surface area contributed by atoms with Crippen molar-refractivity contribution in [3.63, 3.8) is 0 Å². The number of fused-ring (bicyclic) bond motifs is 1. The van der Waals surface area contributed by atoms with Crippen LogP contribution < -0.4 is 0 Å². The van der Waals surface area contributed by atoms with Gasteiger partial charge in [0, 0.05) is 24.6 Å². The van der Waals surface area contributed by atoms with Crippen LogP contribution in [0.25, 0.3) is 0 Å². The SMILES string of the molecule is CCN(CCCO)C(=O)C1Cc2ccccc2S1. The number of rotatable bonds is 5. The molecule has 1 amide bonds. The minimum absolute atomic E-state index is 0.0149. The van der Waals surface area contributed by atoms with Crippen molar-refractivity contribution in [3.8, 4) is 0 Å².